The van der Waals surface area contributed by atoms with Crippen molar-refractivity contribution in [1.82, 2.24) is 9.55 Å². The third-order valence-electron chi connectivity index (χ3n) is 4.51. The summed E-state index contributed by atoms with van der Waals surface area (Å²) >= 11 is 0. The molecule has 154 valence electrons. The number of halogens is 1. The number of H-pyrrole nitrogens is 1. The smallest absolute Gasteiger partial charge is 0.274 e. The molecule has 9 heteroatoms. The van der Waals surface area contributed by atoms with Gasteiger partial charge in [0, 0.05) is 41.6 Å². The van der Waals surface area contributed by atoms with Gasteiger partial charge in [0.25, 0.3) is 5.56 Å². The fourth-order valence-corrected chi connectivity index (χ4v) is 3.78. The van der Waals surface area contributed by atoms with Crippen molar-refractivity contribution in [3.63, 3.8) is 0 Å². The Kier molecular flexibility index (Phi) is 4.83. The third kappa shape index (κ3) is 3.92. The van der Waals surface area contributed by atoms with Gasteiger partial charge in [0.1, 0.15) is 22.8 Å². The first-order valence-electron chi connectivity index (χ1n) is 8.93. The number of sulfonamides is 1. The minimum atomic E-state index is -3.49. The van der Waals surface area contributed by atoms with Gasteiger partial charge in [-0.05, 0) is 48.5 Å². The second-order valence-corrected chi connectivity index (χ2v) is 8.61. The molecule has 30 heavy (non-hydrogen) atoms. The molecule has 0 aliphatic carbocycles. The van der Waals surface area contributed by atoms with Gasteiger partial charge in [-0.15, -0.1) is 0 Å². The quantitative estimate of drug-likeness (QED) is 0.506. The van der Waals surface area contributed by atoms with E-state index in [-0.39, 0.29) is 11.4 Å². The Morgan fingerprint density at radius 2 is 1.80 bits per heavy atom. The molecule has 4 aromatic rings. The molecule has 0 radical (unpaired) electrons. The number of nitrogens with zero attached hydrogens (tertiary/aromatic N) is 1. The summed E-state index contributed by atoms with van der Waals surface area (Å²) in [6, 6.07) is 12.1. The Bertz CT molecular complexity index is 1410. The first-order valence-corrected chi connectivity index (χ1v) is 10.8. The molecule has 0 aliphatic heterocycles. The SMILES string of the molecule is Cn1cc(-c2cc(NS(C)(=O)=O)ccc2Oc2ccc(F)cc2)c2cc[nH]c2c1=O. The van der Waals surface area contributed by atoms with Gasteiger partial charge in [0.05, 0.1) is 6.26 Å². The van der Waals surface area contributed by atoms with Crippen molar-refractivity contribution in [3.05, 3.63) is 77.1 Å². The molecule has 0 aliphatic rings. The second kappa shape index (κ2) is 7.34. The highest BCUT2D eigenvalue weighted by Gasteiger charge is 2.16. The minimum Gasteiger partial charge on any atom is -0.457 e. The predicted octanol–water partition coefficient (Wildman–Crippen LogP) is 3.84. The standard InChI is InChI=1S/C21H18FN3O4S/c1-25-12-18(16-9-10-23-20(16)21(25)26)17-11-14(24-30(2,27)28)5-8-19(17)29-15-6-3-13(22)4-7-15/h3-12,23-24H,1-2H3. The average molecular weight is 427 g/mol. The number of hydrogen-bond donors (Lipinski definition) is 2. The first kappa shape index (κ1) is 19.7. The van der Waals surface area contributed by atoms with Crippen LogP contribution in [-0.4, -0.2) is 24.2 Å². The number of nitrogens with one attached hydrogen (secondary N) is 2. The van der Waals surface area contributed by atoms with Crippen molar-refractivity contribution in [2.75, 3.05) is 11.0 Å². The highest BCUT2D eigenvalue weighted by Crippen LogP contribution is 2.38. The summed E-state index contributed by atoms with van der Waals surface area (Å²) < 4.78 is 46.5. The third-order valence-corrected chi connectivity index (χ3v) is 5.12. The van der Waals surface area contributed by atoms with Crippen LogP contribution in [0.3, 0.4) is 0 Å². The fourth-order valence-electron chi connectivity index (χ4n) is 3.22. The Hall–Kier alpha value is -3.59. The number of pyridine rings is 1. The molecule has 2 N–H and O–H groups in total. The molecule has 0 saturated heterocycles. The summed E-state index contributed by atoms with van der Waals surface area (Å²) in [5.41, 5.74) is 1.81. The van der Waals surface area contributed by atoms with E-state index in [1.165, 1.54) is 28.8 Å². The molecule has 0 unspecified atom stereocenters. The van der Waals surface area contributed by atoms with Crippen LogP contribution < -0.4 is 15.0 Å². The molecule has 0 saturated carbocycles. The van der Waals surface area contributed by atoms with E-state index in [1.54, 1.807) is 43.7 Å². The number of aryl methyl sites for hydroxylation is 1. The molecule has 7 nitrogen and oxygen atoms in total. The van der Waals surface area contributed by atoms with Crippen LogP contribution in [0.2, 0.25) is 0 Å². The minimum absolute atomic E-state index is 0.190. The maximum atomic E-state index is 13.2. The zero-order valence-corrected chi connectivity index (χ0v) is 17.0. The van der Waals surface area contributed by atoms with Gasteiger partial charge < -0.3 is 14.3 Å². The molecule has 0 bridgehead atoms. The Balaban J connectivity index is 1.92. The van der Waals surface area contributed by atoms with Gasteiger partial charge in [0.2, 0.25) is 10.0 Å². The Morgan fingerprint density at radius 1 is 1.07 bits per heavy atom. The molecular formula is C21H18FN3O4S. The van der Waals surface area contributed by atoms with E-state index in [2.05, 4.69) is 9.71 Å². The van der Waals surface area contributed by atoms with Crippen LogP contribution in [0.25, 0.3) is 22.0 Å². The molecule has 0 atom stereocenters. The molecule has 0 fully saturated rings. The summed E-state index contributed by atoms with van der Waals surface area (Å²) in [5, 5.41) is 0.665. The number of anilines is 1. The normalized spacial score (nSPS) is 11.6. The van der Waals surface area contributed by atoms with Crippen molar-refractivity contribution in [3.8, 4) is 22.6 Å². The van der Waals surface area contributed by atoms with Crippen molar-refractivity contribution in [2.24, 2.45) is 7.05 Å². The monoisotopic (exact) mass is 427 g/mol. The molecule has 0 amide bonds. The molecule has 0 spiro atoms. The number of rotatable bonds is 5. The summed E-state index contributed by atoms with van der Waals surface area (Å²) in [5.74, 6) is 0.445. The van der Waals surface area contributed by atoms with Gasteiger partial charge >= 0.3 is 0 Å². The Morgan fingerprint density at radius 3 is 2.50 bits per heavy atom. The van der Waals surface area contributed by atoms with Crippen molar-refractivity contribution in [1.29, 1.82) is 0 Å². The van der Waals surface area contributed by atoms with E-state index in [0.717, 1.165) is 6.26 Å². The van der Waals surface area contributed by atoms with Crippen LogP contribution in [0, 0.1) is 5.82 Å². The fraction of sp³-hybridized carbons (Fsp3) is 0.0952. The van der Waals surface area contributed by atoms with Gasteiger partial charge in [-0.3, -0.25) is 9.52 Å². The lowest BCUT2D eigenvalue weighted by atomic mass is 10.0. The molecule has 2 aromatic heterocycles. The van der Waals surface area contributed by atoms with E-state index < -0.39 is 10.0 Å². The van der Waals surface area contributed by atoms with Crippen LogP contribution in [0.1, 0.15) is 0 Å². The lowest BCUT2D eigenvalue weighted by Crippen LogP contribution is -2.16. The molecule has 4 rings (SSSR count). The zero-order valence-electron chi connectivity index (χ0n) is 16.1. The van der Waals surface area contributed by atoms with Crippen LogP contribution in [0.4, 0.5) is 10.1 Å². The number of benzene rings is 2. The maximum Gasteiger partial charge on any atom is 0.274 e. The number of hydrogen-bond acceptors (Lipinski definition) is 4. The predicted molar refractivity (Wildman–Crippen MR) is 114 cm³/mol. The van der Waals surface area contributed by atoms with E-state index in [1.807, 2.05) is 0 Å². The van der Waals surface area contributed by atoms with E-state index in [0.29, 0.717) is 39.2 Å². The number of aromatic amines is 1. The van der Waals surface area contributed by atoms with Crippen LogP contribution in [0.15, 0.2) is 65.7 Å². The van der Waals surface area contributed by atoms with Gasteiger partial charge in [0.15, 0.2) is 0 Å². The summed E-state index contributed by atoms with van der Waals surface area (Å²) in [6.45, 7) is 0. The lowest BCUT2D eigenvalue weighted by Gasteiger charge is -2.15. The number of fused-ring (bicyclic) bond motifs is 1. The van der Waals surface area contributed by atoms with Crippen molar-refractivity contribution >= 4 is 26.6 Å². The summed E-state index contributed by atoms with van der Waals surface area (Å²) in [4.78, 5) is 15.3. The van der Waals surface area contributed by atoms with Gasteiger partial charge in [-0.2, -0.15) is 0 Å². The number of ether oxygens (including phenoxy) is 1. The van der Waals surface area contributed by atoms with E-state index >= 15 is 0 Å². The van der Waals surface area contributed by atoms with Crippen LogP contribution in [0.5, 0.6) is 11.5 Å². The van der Waals surface area contributed by atoms with Gasteiger partial charge in [-0.25, -0.2) is 12.8 Å². The maximum absolute atomic E-state index is 13.2. The second-order valence-electron chi connectivity index (χ2n) is 6.87. The summed E-state index contributed by atoms with van der Waals surface area (Å²) in [6.07, 6.45) is 4.39. The zero-order chi connectivity index (χ0) is 21.5. The lowest BCUT2D eigenvalue weighted by molar-refractivity contribution is 0.482. The largest absolute Gasteiger partial charge is 0.457 e. The van der Waals surface area contributed by atoms with E-state index in [9.17, 15) is 17.6 Å². The topological polar surface area (TPSA) is 93.2 Å². The highest BCUT2D eigenvalue weighted by atomic mass is 32.2. The summed E-state index contributed by atoms with van der Waals surface area (Å²) in [7, 11) is -1.86. The molecular weight excluding hydrogens is 409 g/mol. The first-order chi connectivity index (χ1) is 14.2. The molecule has 2 aromatic carbocycles. The van der Waals surface area contributed by atoms with Crippen LogP contribution >= 0.6 is 0 Å². The van der Waals surface area contributed by atoms with Crippen molar-refractivity contribution < 1.29 is 17.5 Å². The van der Waals surface area contributed by atoms with Gasteiger partial charge in [-0.1, -0.05) is 0 Å². The Labute approximate surface area is 171 Å². The highest BCUT2D eigenvalue weighted by molar-refractivity contribution is 7.92. The molecule has 2 heterocycles. The van der Waals surface area contributed by atoms with Crippen molar-refractivity contribution in [2.45, 2.75) is 0 Å². The van der Waals surface area contributed by atoms with E-state index in [4.69, 9.17) is 4.74 Å². The van der Waals surface area contributed by atoms with Crippen LogP contribution in [-0.2, 0) is 17.1 Å². The average Bonchev–Trinajstić information content (AvgIpc) is 3.17. The number of aromatic nitrogens is 2.